The zero-order chi connectivity index (χ0) is 31.3. The van der Waals surface area contributed by atoms with E-state index in [1.54, 1.807) is 21.1 Å². The number of anilines is 6. The van der Waals surface area contributed by atoms with Crippen LogP contribution in [0.15, 0.2) is 66.7 Å². The van der Waals surface area contributed by atoms with Gasteiger partial charge in [-0.1, -0.05) is 37.3 Å². The maximum atomic E-state index is 12.1. The van der Waals surface area contributed by atoms with Crippen molar-refractivity contribution in [2.75, 3.05) is 67.5 Å². The summed E-state index contributed by atoms with van der Waals surface area (Å²) in [4.78, 5) is 26.7. The van der Waals surface area contributed by atoms with Gasteiger partial charge in [0.25, 0.3) is 0 Å². The Balaban J connectivity index is 1.37. The van der Waals surface area contributed by atoms with Gasteiger partial charge in [0.15, 0.2) is 0 Å². The molecule has 3 aromatic carbocycles. The number of para-hydroxylation sites is 1. The number of hydrogen-bond donors (Lipinski definition) is 2. The van der Waals surface area contributed by atoms with E-state index in [0.717, 1.165) is 65.0 Å². The third kappa shape index (κ3) is 6.81. The number of methoxy groups -OCH3 is 2. The van der Waals surface area contributed by atoms with Crippen LogP contribution >= 0.6 is 0 Å². The van der Waals surface area contributed by atoms with Crippen molar-refractivity contribution in [3.05, 3.63) is 83.4 Å². The van der Waals surface area contributed by atoms with Gasteiger partial charge in [-0.25, -0.2) is 0 Å². The van der Waals surface area contributed by atoms with Gasteiger partial charge in [-0.3, -0.25) is 4.79 Å². The van der Waals surface area contributed by atoms with Crippen LogP contribution in [0.1, 0.15) is 36.5 Å². The molecule has 0 radical (unpaired) electrons. The lowest BCUT2D eigenvalue weighted by molar-refractivity contribution is -0.116. The van der Waals surface area contributed by atoms with E-state index in [1.807, 2.05) is 48.5 Å². The Morgan fingerprint density at radius 1 is 0.956 bits per heavy atom. The molecule has 4 aromatic rings. The fourth-order valence-electron chi connectivity index (χ4n) is 6.02. The Bertz CT molecular complexity index is 1650. The summed E-state index contributed by atoms with van der Waals surface area (Å²) >= 11 is 0. The Morgan fingerprint density at radius 3 is 2.47 bits per heavy atom. The zero-order valence-electron chi connectivity index (χ0n) is 26.3. The number of nitrogens with zero attached hydrogens (tertiary/aromatic N) is 4. The molecular formula is C35H40N6O4. The van der Waals surface area contributed by atoms with E-state index in [2.05, 4.69) is 45.6 Å². The largest absolute Gasteiger partial charge is 0.497 e. The number of Topliss-reactive ketones (excluding diaryl/α,β-unsaturated/α-hetero) is 1. The van der Waals surface area contributed by atoms with E-state index in [4.69, 9.17) is 24.2 Å². The van der Waals surface area contributed by atoms with Crippen molar-refractivity contribution >= 4 is 40.4 Å². The molecule has 0 aliphatic carbocycles. The van der Waals surface area contributed by atoms with E-state index in [9.17, 15) is 4.79 Å². The second kappa shape index (κ2) is 13.4. The molecule has 10 nitrogen and oxygen atoms in total. The number of ketones is 1. The normalized spacial score (nSPS) is 15.9. The molecule has 45 heavy (non-hydrogen) atoms. The van der Waals surface area contributed by atoms with Crippen molar-refractivity contribution < 1.29 is 19.0 Å². The van der Waals surface area contributed by atoms with Crippen LogP contribution in [-0.2, 0) is 22.5 Å². The molecule has 0 bridgehead atoms. The fraction of sp³-hybridized carbons (Fsp3) is 0.343. The van der Waals surface area contributed by atoms with Gasteiger partial charge in [0.1, 0.15) is 28.9 Å². The molecule has 234 valence electrons. The molecule has 2 N–H and O–H groups in total. The first-order chi connectivity index (χ1) is 21.9. The first-order valence-electron chi connectivity index (χ1n) is 15.3. The maximum Gasteiger partial charge on any atom is 0.231 e. The first-order valence-corrected chi connectivity index (χ1v) is 15.3. The van der Waals surface area contributed by atoms with Crippen molar-refractivity contribution in [2.24, 2.45) is 0 Å². The Kier molecular flexibility index (Phi) is 9.02. The number of aromatic nitrogens is 2. The molecule has 0 amide bonds. The highest BCUT2D eigenvalue weighted by molar-refractivity contribution is 5.82. The molecule has 1 aromatic heterocycles. The lowest BCUT2D eigenvalue weighted by Gasteiger charge is -2.29. The Labute approximate surface area is 264 Å². The van der Waals surface area contributed by atoms with Gasteiger partial charge in [0.2, 0.25) is 5.95 Å². The van der Waals surface area contributed by atoms with E-state index >= 15 is 0 Å². The van der Waals surface area contributed by atoms with Crippen molar-refractivity contribution in [1.29, 1.82) is 0 Å². The summed E-state index contributed by atoms with van der Waals surface area (Å²) in [7, 11) is 3.34. The van der Waals surface area contributed by atoms with Crippen LogP contribution in [0, 0.1) is 0 Å². The highest BCUT2D eigenvalue weighted by Gasteiger charge is 2.32. The van der Waals surface area contributed by atoms with E-state index < -0.39 is 0 Å². The number of fused-ring (bicyclic) bond motifs is 1. The van der Waals surface area contributed by atoms with E-state index in [1.165, 1.54) is 0 Å². The predicted molar refractivity (Wildman–Crippen MR) is 178 cm³/mol. The van der Waals surface area contributed by atoms with Gasteiger partial charge in [-0.05, 0) is 48.4 Å². The van der Waals surface area contributed by atoms with Gasteiger partial charge in [0, 0.05) is 61.5 Å². The maximum absolute atomic E-state index is 12.1. The SMILES string of the molecule is COc1ccc(CN2CC(C)c3c(Nc4ccccc4CC(C)=O)nc(Nc4ccc(N5CCOCC5)cc4OC)nc32)cc1. The quantitative estimate of drug-likeness (QED) is 0.209. The van der Waals surface area contributed by atoms with Gasteiger partial charge < -0.3 is 34.6 Å². The third-order valence-corrected chi connectivity index (χ3v) is 8.26. The summed E-state index contributed by atoms with van der Waals surface area (Å²) in [6, 6.07) is 22.1. The number of carbonyl (C=O) groups excluding carboxylic acids is 1. The molecule has 3 heterocycles. The van der Waals surface area contributed by atoms with Crippen LogP contribution in [0.3, 0.4) is 0 Å². The summed E-state index contributed by atoms with van der Waals surface area (Å²) in [6.45, 7) is 8.39. The molecule has 2 aliphatic heterocycles. The number of ether oxygens (including phenoxy) is 3. The summed E-state index contributed by atoms with van der Waals surface area (Å²) < 4.78 is 16.7. The van der Waals surface area contributed by atoms with Crippen molar-refractivity contribution in [3.8, 4) is 11.5 Å². The van der Waals surface area contributed by atoms with Crippen molar-refractivity contribution in [3.63, 3.8) is 0 Å². The molecule has 2 aliphatic rings. The number of morpholine rings is 1. The lowest BCUT2D eigenvalue weighted by Crippen LogP contribution is -2.36. The topological polar surface area (TPSA) is 101 Å². The molecule has 0 spiro atoms. The Hall–Kier alpha value is -4.83. The molecule has 1 saturated heterocycles. The van der Waals surface area contributed by atoms with Gasteiger partial charge in [-0.2, -0.15) is 9.97 Å². The van der Waals surface area contributed by atoms with Crippen LogP contribution in [0.5, 0.6) is 11.5 Å². The monoisotopic (exact) mass is 608 g/mol. The van der Waals surface area contributed by atoms with Crippen LogP contribution in [-0.4, -0.2) is 62.8 Å². The summed E-state index contributed by atoms with van der Waals surface area (Å²) in [6.07, 6.45) is 0.341. The van der Waals surface area contributed by atoms with Crippen LogP contribution in [0.4, 0.5) is 34.6 Å². The minimum Gasteiger partial charge on any atom is -0.497 e. The molecule has 10 heteroatoms. The average Bonchev–Trinajstić information content (AvgIpc) is 3.37. The molecule has 6 rings (SSSR count). The van der Waals surface area contributed by atoms with Gasteiger partial charge >= 0.3 is 0 Å². The Morgan fingerprint density at radius 2 is 1.73 bits per heavy atom. The minimum atomic E-state index is 0.103. The number of hydrogen-bond acceptors (Lipinski definition) is 10. The third-order valence-electron chi connectivity index (χ3n) is 8.26. The molecule has 1 fully saturated rings. The van der Waals surface area contributed by atoms with E-state index in [-0.39, 0.29) is 11.7 Å². The zero-order valence-corrected chi connectivity index (χ0v) is 26.3. The molecular weight excluding hydrogens is 568 g/mol. The molecule has 1 unspecified atom stereocenters. The van der Waals surface area contributed by atoms with Crippen LogP contribution < -0.4 is 29.9 Å². The number of nitrogens with one attached hydrogen (secondary N) is 2. The van der Waals surface area contributed by atoms with Crippen LogP contribution in [0.2, 0.25) is 0 Å². The first kappa shape index (κ1) is 30.2. The molecule has 0 saturated carbocycles. The average molecular weight is 609 g/mol. The summed E-state index contributed by atoms with van der Waals surface area (Å²) in [5, 5.41) is 7.02. The standard InChI is InChI=1S/C35H40N6O4/c1-23-21-41(22-25-9-12-28(43-3)13-10-25)34-32(23)33(36-29-8-6-5-7-26(29)19-24(2)42)38-35(39-34)37-30-14-11-27(20-31(30)44-4)40-15-17-45-18-16-40/h5-14,20,23H,15-19,21-22H2,1-4H3,(H2,36,37,38,39). The predicted octanol–water partition coefficient (Wildman–Crippen LogP) is 6.07. The van der Waals surface area contributed by atoms with Crippen LogP contribution in [0.25, 0.3) is 0 Å². The second-order valence-corrected chi connectivity index (χ2v) is 11.5. The lowest BCUT2D eigenvalue weighted by atomic mass is 10.0. The van der Waals surface area contributed by atoms with Crippen molar-refractivity contribution in [2.45, 2.75) is 32.7 Å². The number of benzene rings is 3. The van der Waals surface area contributed by atoms with Crippen molar-refractivity contribution in [1.82, 2.24) is 9.97 Å². The number of carbonyl (C=O) groups is 1. The minimum absolute atomic E-state index is 0.103. The highest BCUT2D eigenvalue weighted by atomic mass is 16.5. The summed E-state index contributed by atoms with van der Waals surface area (Å²) in [5.41, 5.74) is 5.83. The smallest absolute Gasteiger partial charge is 0.231 e. The second-order valence-electron chi connectivity index (χ2n) is 11.5. The highest BCUT2D eigenvalue weighted by Crippen LogP contribution is 2.42. The van der Waals surface area contributed by atoms with E-state index in [0.29, 0.717) is 43.7 Å². The van der Waals surface area contributed by atoms with Gasteiger partial charge in [-0.15, -0.1) is 0 Å². The fourth-order valence-corrected chi connectivity index (χ4v) is 6.02. The number of rotatable bonds is 11. The van der Waals surface area contributed by atoms with Gasteiger partial charge in [0.05, 0.1) is 33.1 Å². The molecule has 1 atom stereocenters. The summed E-state index contributed by atoms with van der Waals surface area (Å²) in [5.74, 6) is 3.84.